The second kappa shape index (κ2) is 10.4. The van der Waals surface area contributed by atoms with E-state index in [2.05, 4.69) is 15.2 Å². The number of aliphatic hydroxyl groups excluding tert-OH is 1. The number of allylic oxidation sites excluding steroid dienone is 1. The normalized spacial score (nSPS) is 31.0. The zero-order chi connectivity index (χ0) is 27.1. The van der Waals surface area contributed by atoms with Crippen LogP contribution in [0.1, 0.15) is 56.1 Å². The van der Waals surface area contributed by atoms with Crippen molar-refractivity contribution in [2.45, 2.75) is 51.4 Å². The number of nitrogens with zero attached hydrogens (tertiary/aromatic N) is 2. The van der Waals surface area contributed by atoms with Gasteiger partial charge in [0, 0.05) is 48.4 Å². The van der Waals surface area contributed by atoms with Crippen molar-refractivity contribution in [3.05, 3.63) is 65.3 Å². The van der Waals surface area contributed by atoms with E-state index in [-0.39, 0.29) is 47.6 Å². The number of fused-ring (bicyclic) bond motifs is 5. The maximum atomic E-state index is 14.6. The Hall–Kier alpha value is -3.26. The maximum absolute atomic E-state index is 14.6. The summed E-state index contributed by atoms with van der Waals surface area (Å²) in [7, 11) is 0. The SMILES string of the molecule is C[C@]12CCC3c4cccc(F)c4CCC3C1[C@H](CCC(=O)Nc1cc(N3CCOCC3)ccn1)/C(=C/O)C2=O. The van der Waals surface area contributed by atoms with Crippen molar-refractivity contribution >= 4 is 23.2 Å². The van der Waals surface area contributed by atoms with Crippen LogP contribution in [-0.2, 0) is 20.7 Å². The molecule has 5 atom stereocenters. The first kappa shape index (κ1) is 26.0. The highest BCUT2D eigenvalue weighted by molar-refractivity contribution is 6.03. The van der Waals surface area contributed by atoms with Gasteiger partial charge in [0.1, 0.15) is 11.6 Å². The molecule has 0 radical (unpaired) electrons. The van der Waals surface area contributed by atoms with Crippen molar-refractivity contribution in [3.8, 4) is 0 Å². The number of halogens is 1. The van der Waals surface area contributed by atoms with Gasteiger partial charge >= 0.3 is 0 Å². The zero-order valence-corrected chi connectivity index (χ0v) is 22.4. The number of rotatable bonds is 5. The molecule has 2 aromatic rings. The number of amides is 1. The largest absolute Gasteiger partial charge is 0.515 e. The van der Waals surface area contributed by atoms with E-state index < -0.39 is 5.41 Å². The molecule has 206 valence electrons. The number of ether oxygens (including phenoxy) is 1. The first-order valence-corrected chi connectivity index (χ1v) is 14.2. The van der Waals surface area contributed by atoms with E-state index in [1.807, 2.05) is 25.1 Å². The van der Waals surface area contributed by atoms with Crippen LogP contribution in [0.2, 0.25) is 0 Å². The first-order valence-electron chi connectivity index (χ1n) is 14.2. The van der Waals surface area contributed by atoms with Crippen LogP contribution in [0, 0.1) is 29.0 Å². The van der Waals surface area contributed by atoms with Crippen molar-refractivity contribution in [2.24, 2.45) is 23.2 Å². The zero-order valence-electron chi connectivity index (χ0n) is 22.4. The fourth-order valence-corrected chi connectivity index (χ4v) is 8.01. The summed E-state index contributed by atoms with van der Waals surface area (Å²) in [4.78, 5) is 33.2. The fraction of sp³-hybridized carbons (Fsp3) is 0.516. The number of morpholine rings is 1. The van der Waals surface area contributed by atoms with Gasteiger partial charge in [-0.25, -0.2) is 9.37 Å². The number of carbonyl (C=O) groups is 2. The third kappa shape index (κ3) is 4.52. The van der Waals surface area contributed by atoms with Crippen molar-refractivity contribution < 1.29 is 23.8 Å². The van der Waals surface area contributed by atoms with Crippen LogP contribution in [0.15, 0.2) is 48.4 Å². The van der Waals surface area contributed by atoms with Crippen LogP contribution in [-0.4, -0.2) is 48.1 Å². The molecule has 0 bridgehead atoms. The van der Waals surface area contributed by atoms with E-state index in [4.69, 9.17) is 4.74 Å². The van der Waals surface area contributed by atoms with E-state index in [1.54, 1.807) is 12.3 Å². The Balaban J connectivity index is 1.19. The number of aromatic nitrogens is 1. The average Bonchev–Trinajstić information content (AvgIpc) is 3.18. The number of benzene rings is 1. The molecule has 3 aliphatic carbocycles. The van der Waals surface area contributed by atoms with Crippen molar-refractivity contribution in [1.29, 1.82) is 0 Å². The summed E-state index contributed by atoms with van der Waals surface area (Å²) in [6.07, 6.45) is 6.35. The molecule has 1 amide bonds. The third-order valence-electron chi connectivity index (χ3n) is 9.79. The Morgan fingerprint density at radius 1 is 1.28 bits per heavy atom. The predicted octanol–water partition coefficient (Wildman–Crippen LogP) is 5.18. The number of anilines is 2. The lowest BCUT2D eigenvalue weighted by atomic mass is 9.54. The van der Waals surface area contributed by atoms with Gasteiger partial charge in [0.15, 0.2) is 5.78 Å². The Labute approximate surface area is 228 Å². The molecule has 2 heterocycles. The molecule has 4 aliphatic rings. The molecule has 8 heteroatoms. The quantitative estimate of drug-likeness (QED) is 0.407. The van der Waals surface area contributed by atoms with Crippen LogP contribution in [0.5, 0.6) is 0 Å². The molecule has 3 fully saturated rings. The molecule has 1 aromatic heterocycles. The second-order valence-corrected chi connectivity index (χ2v) is 11.7. The fourth-order valence-electron chi connectivity index (χ4n) is 8.01. The lowest BCUT2D eigenvalue weighted by molar-refractivity contribution is -0.127. The minimum absolute atomic E-state index is 0.00350. The average molecular weight is 534 g/mol. The highest BCUT2D eigenvalue weighted by Crippen LogP contribution is 2.63. The van der Waals surface area contributed by atoms with Crippen LogP contribution < -0.4 is 10.2 Å². The van der Waals surface area contributed by atoms with Crippen LogP contribution in [0.4, 0.5) is 15.9 Å². The van der Waals surface area contributed by atoms with Gasteiger partial charge in [-0.1, -0.05) is 19.1 Å². The number of pyridine rings is 1. The number of carbonyl (C=O) groups excluding carboxylic acids is 2. The molecule has 1 aromatic carbocycles. The Kier molecular flexibility index (Phi) is 6.91. The van der Waals surface area contributed by atoms with Gasteiger partial charge in [0.05, 0.1) is 19.5 Å². The lowest BCUT2D eigenvalue weighted by Crippen LogP contribution is -2.44. The first-order chi connectivity index (χ1) is 18.9. The Bertz CT molecular complexity index is 1310. The predicted molar refractivity (Wildman–Crippen MR) is 146 cm³/mol. The molecule has 6 rings (SSSR count). The van der Waals surface area contributed by atoms with E-state index >= 15 is 0 Å². The molecule has 1 aliphatic heterocycles. The Morgan fingerprint density at radius 2 is 2.10 bits per heavy atom. The number of hydrogen-bond acceptors (Lipinski definition) is 6. The number of Topliss-reactive ketones (excluding diaryl/α,β-unsaturated/α-hetero) is 1. The van der Waals surface area contributed by atoms with Gasteiger partial charge in [-0.05, 0) is 79.0 Å². The summed E-state index contributed by atoms with van der Waals surface area (Å²) in [5, 5.41) is 13.1. The molecular weight excluding hydrogens is 497 g/mol. The van der Waals surface area contributed by atoms with Gasteiger partial charge in [-0.15, -0.1) is 0 Å². The van der Waals surface area contributed by atoms with Gasteiger partial charge in [-0.2, -0.15) is 0 Å². The highest BCUT2D eigenvalue weighted by atomic mass is 19.1. The van der Waals surface area contributed by atoms with E-state index in [0.29, 0.717) is 43.9 Å². The van der Waals surface area contributed by atoms with Gasteiger partial charge in [0.25, 0.3) is 0 Å². The molecule has 1 saturated heterocycles. The lowest BCUT2D eigenvalue weighted by Gasteiger charge is -2.49. The summed E-state index contributed by atoms with van der Waals surface area (Å²) in [6.45, 7) is 4.97. The van der Waals surface area contributed by atoms with Crippen LogP contribution >= 0.6 is 0 Å². The van der Waals surface area contributed by atoms with E-state index in [9.17, 15) is 19.1 Å². The third-order valence-corrected chi connectivity index (χ3v) is 9.79. The van der Waals surface area contributed by atoms with Crippen molar-refractivity contribution in [3.63, 3.8) is 0 Å². The molecule has 2 N–H and O–H groups in total. The summed E-state index contributed by atoms with van der Waals surface area (Å²) < 4.78 is 20.0. The summed E-state index contributed by atoms with van der Waals surface area (Å²) in [5.74, 6) is 0.390. The summed E-state index contributed by atoms with van der Waals surface area (Å²) in [5.41, 5.74) is 2.75. The second-order valence-electron chi connectivity index (χ2n) is 11.7. The molecular formula is C31H36FN3O4. The maximum Gasteiger partial charge on any atom is 0.225 e. The Morgan fingerprint density at radius 3 is 2.90 bits per heavy atom. The molecule has 39 heavy (non-hydrogen) atoms. The van der Waals surface area contributed by atoms with Gasteiger partial charge in [0.2, 0.25) is 5.91 Å². The topological polar surface area (TPSA) is 91.8 Å². The number of nitrogens with one attached hydrogen (secondary N) is 1. The standard InChI is InChI=1S/C31H36FN3O4/c1-31-11-9-21-20-3-2-4-26(32)22(20)5-6-23(21)29(31)24(25(18-36)30(31)38)7-8-28(37)34-27-17-19(10-12-33-27)35-13-15-39-16-14-35/h2-4,10,12,17-18,21,23-24,29,36H,5-9,11,13-16H2,1H3,(H,33,34,37)/b25-18-/t21?,23?,24-,29?,31+/m1/s1. The highest BCUT2D eigenvalue weighted by Gasteiger charge is 2.60. The molecule has 0 spiro atoms. The van der Waals surface area contributed by atoms with Crippen molar-refractivity contribution in [2.75, 3.05) is 36.5 Å². The monoisotopic (exact) mass is 533 g/mol. The van der Waals surface area contributed by atoms with E-state index in [1.165, 1.54) is 6.07 Å². The number of hydrogen-bond donors (Lipinski definition) is 2. The van der Waals surface area contributed by atoms with Gasteiger partial charge < -0.3 is 20.1 Å². The van der Waals surface area contributed by atoms with Crippen LogP contribution in [0.3, 0.4) is 0 Å². The molecule has 2 saturated carbocycles. The number of aliphatic hydroxyl groups is 1. The summed E-state index contributed by atoms with van der Waals surface area (Å²) >= 11 is 0. The minimum Gasteiger partial charge on any atom is -0.515 e. The minimum atomic E-state index is -0.574. The smallest absolute Gasteiger partial charge is 0.225 e. The molecule has 3 unspecified atom stereocenters. The number of ketones is 1. The molecule has 7 nitrogen and oxygen atoms in total. The van der Waals surface area contributed by atoms with E-state index in [0.717, 1.165) is 49.0 Å². The van der Waals surface area contributed by atoms with Gasteiger partial charge in [-0.3, -0.25) is 9.59 Å². The van der Waals surface area contributed by atoms with Crippen molar-refractivity contribution in [1.82, 2.24) is 4.98 Å². The van der Waals surface area contributed by atoms with Crippen LogP contribution in [0.25, 0.3) is 0 Å². The summed E-state index contributed by atoms with van der Waals surface area (Å²) in [6, 6.07) is 9.16.